The Morgan fingerprint density at radius 1 is 1.33 bits per heavy atom. The van der Waals surface area contributed by atoms with Crippen molar-refractivity contribution in [3.8, 4) is 11.4 Å². The van der Waals surface area contributed by atoms with Gasteiger partial charge in [-0.3, -0.25) is 9.69 Å². The van der Waals surface area contributed by atoms with Crippen LogP contribution >= 0.6 is 11.6 Å². The molecule has 0 bridgehead atoms. The molecule has 1 fully saturated rings. The lowest BCUT2D eigenvalue weighted by atomic mass is 10.1. The zero-order valence-corrected chi connectivity index (χ0v) is 15.5. The van der Waals surface area contributed by atoms with E-state index in [2.05, 4.69) is 27.0 Å². The SMILES string of the molecule is NC(=O)c1cc(Cl)cc2[nH]c(-c3ccc(CN4CCCC4CO)cc3)nc12. The molecule has 0 aliphatic carbocycles. The number of primary amides is 1. The molecule has 1 amide bonds. The van der Waals surface area contributed by atoms with Crippen molar-refractivity contribution in [3.63, 3.8) is 0 Å². The number of carbonyl (C=O) groups excluding carboxylic acids is 1. The van der Waals surface area contributed by atoms with Gasteiger partial charge in [-0.1, -0.05) is 35.9 Å². The van der Waals surface area contributed by atoms with Crippen LogP contribution < -0.4 is 5.73 Å². The summed E-state index contributed by atoms with van der Waals surface area (Å²) in [5.74, 6) is 0.107. The number of aromatic amines is 1. The fraction of sp³-hybridized carbons (Fsp3) is 0.300. The molecule has 0 saturated carbocycles. The molecule has 27 heavy (non-hydrogen) atoms. The summed E-state index contributed by atoms with van der Waals surface area (Å²) in [6, 6.07) is 11.7. The first-order valence-corrected chi connectivity index (χ1v) is 9.36. The molecule has 6 nitrogen and oxygen atoms in total. The maximum Gasteiger partial charge on any atom is 0.251 e. The monoisotopic (exact) mass is 384 g/mol. The van der Waals surface area contributed by atoms with Crippen LogP contribution in [0.15, 0.2) is 36.4 Å². The predicted molar refractivity (Wildman–Crippen MR) is 106 cm³/mol. The van der Waals surface area contributed by atoms with Crippen molar-refractivity contribution >= 4 is 28.5 Å². The number of hydrogen-bond donors (Lipinski definition) is 3. The Balaban J connectivity index is 1.60. The van der Waals surface area contributed by atoms with E-state index >= 15 is 0 Å². The summed E-state index contributed by atoms with van der Waals surface area (Å²) in [6.45, 7) is 2.06. The average Bonchev–Trinajstić information content (AvgIpc) is 3.27. The van der Waals surface area contributed by atoms with Gasteiger partial charge in [-0.2, -0.15) is 0 Å². The number of nitrogens with one attached hydrogen (secondary N) is 1. The zero-order chi connectivity index (χ0) is 19.0. The molecule has 1 saturated heterocycles. The molecule has 2 aromatic carbocycles. The molecule has 140 valence electrons. The number of likely N-dealkylation sites (tertiary alicyclic amines) is 1. The molecule has 4 N–H and O–H groups in total. The lowest BCUT2D eigenvalue weighted by molar-refractivity contribution is 0.100. The summed E-state index contributed by atoms with van der Waals surface area (Å²) in [4.78, 5) is 21.7. The van der Waals surface area contributed by atoms with E-state index in [4.69, 9.17) is 17.3 Å². The summed E-state index contributed by atoms with van der Waals surface area (Å²) in [5, 5.41) is 9.90. The minimum absolute atomic E-state index is 0.210. The summed E-state index contributed by atoms with van der Waals surface area (Å²) >= 11 is 6.07. The Morgan fingerprint density at radius 3 is 2.81 bits per heavy atom. The molecule has 1 aromatic heterocycles. The van der Waals surface area contributed by atoms with E-state index in [9.17, 15) is 9.90 Å². The van der Waals surface area contributed by atoms with E-state index < -0.39 is 5.91 Å². The first-order valence-electron chi connectivity index (χ1n) is 8.98. The van der Waals surface area contributed by atoms with Crippen molar-refractivity contribution in [2.75, 3.05) is 13.2 Å². The van der Waals surface area contributed by atoms with Crippen LogP contribution in [0.25, 0.3) is 22.4 Å². The number of imidazole rings is 1. The van der Waals surface area contributed by atoms with Gasteiger partial charge in [0.25, 0.3) is 5.91 Å². The maximum atomic E-state index is 11.7. The second kappa shape index (κ2) is 7.31. The molecule has 2 heterocycles. The molecule has 0 radical (unpaired) electrons. The Labute approximate surface area is 162 Å². The van der Waals surface area contributed by atoms with E-state index in [-0.39, 0.29) is 12.6 Å². The number of halogens is 1. The molecule has 1 unspecified atom stereocenters. The average molecular weight is 385 g/mol. The van der Waals surface area contributed by atoms with Crippen molar-refractivity contribution in [2.24, 2.45) is 5.73 Å². The minimum Gasteiger partial charge on any atom is -0.395 e. The zero-order valence-electron chi connectivity index (χ0n) is 14.8. The van der Waals surface area contributed by atoms with Crippen LogP contribution in [0.2, 0.25) is 5.02 Å². The van der Waals surface area contributed by atoms with Crippen LogP contribution in [-0.4, -0.2) is 45.1 Å². The highest BCUT2D eigenvalue weighted by atomic mass is 35.5. The number of aromatic nitrogens is 2. The van der Waals surface area contributed by atoms with Gasteiger partial charge in [0.1, 0.15) is 11.3 Å². The van der Waals surface area contributed by atoms with E-state index in [1.54, 1.807) is 6.07 Å². The van der Waals surface area contributed by atoms with E-state index in [0.29, 0.717) is 27.4 Å². The smallest absolute Gasteiger partial charge is 0.251 e. The highest BCUT2D eigenvalue weighted by molar-refractivity contribution is 6.32. The van der Waals surface area contributed by atoms with Gasteiger partial charge in [0.2, 0.25) is 0 Å². The van der Waals surface area contributed by atoms with Gasteiger partial charge in [-0.15, -0.1) is 0 Å². The van der Waals surface area contributed by atoms with Gasteiger partial charge < -0.3 is 15.8 Å². The largest absolute Gasteiger partial charge is 0.395 e. The summed E-state index contributed by atoms with van der Waals surface area (Å²) < 4.78 is 0. The lowest BCUT2D eigenvalue weighted by Gasteiger charge is -2.22. The van der Waals surface area contributed by atoms with Crippen LogP contribution in [0, 0.1) is 0 Å². The molecular formula is C20H21ClN4O2. The number of carbonyl (C=O) groups is 1. The number of benzene rings is 2. The van der Waals surface area contributed by atoms with Gasteiger partial charge >= 0.3 is 0 Å². The molecule has 4 rings (SSSR count). The molecule has 1 aliphatic heterocycles. The molecule has 1 aliphatic rings. The first-order chi connectivity index (χ1) is 13.0. The minimum atomic E-state index is -0.556. The number of nitrogens with two attached hydrogens (primary N) is 1. The Hall–Kier alpha value is -2.41. The van der Waals surface area contributed by atoms with Crippen molar-refractivity contribution in [3.05, 3.63) is 52.5 Å². The van der Waals surface area contributed by atoms with Crippen molar-refractivity contribution in [1.82, 2.24) is 14.9 Å². The Bertz CT molecular complexity index is 984. The predicted octanol–water partition coefficient (Wildman–Crippen LogP) is 2.94. The normalized spacial score (nSPS) is 17.6. The van der Waals surface area contributed by atoms with Crippen LogP contribution in [0.4, 0.5) is 0 Å². The lowest BCUT2D eigenvalue weighted by Crippen LogP contribution is -2.31. The molecular weight excluding hydrogens is 364 g/mol. The second-order valence-electron chi connectivity index (χ2n) is 6.95. The highest BCUT2D eigenvalue weighted by Crippen LogP contribution is 2.27. The van der Waals surface area contributed by atoms with Gasteiger partial charge in [-0.25, -0.2) is 4.98 Å². The number of aliphatic hydroxyl groups excluding tert-OH is 1. The second-order valence-corrected chi connectivity index (χ2v) is 7.38. The van der Waals surface area contributed by atoms with E-state index in [0.717, 1.165) is 31.5 Å². The third-order valence-electron chi connectivity index (χ3n) is 5.14. The van der Waals surface area contributed by atoms with Crippen LogP contribution in [-0.2, 0) is 6.54 Å². The van der Waals surface area contributed by atoms with Gasteiger partial charge in [0.15, 0.2) is 0 Å². The summed E-state index contributed by atoms with van der Waals surface area (Å²) in [7, 11) is 0. The fourth-order valence-corrected chi connectivity index (χ4v) is 3.94. The maximum absolute atomic E-state index is 11.7. The third-order valence-corrected chi connectivity index (χ3v) is 5.36. The fourth-order valence-electron chi connectivity index (χ4n) is 3.72. The van der Waals surface area contributed by atoms with Crippen molar-refractivity contribution in [2.45, 2.75) is 25.4 Å². The van der Waals surface area contributed by atoms with Gasteiger partial charge in [-0.05, 0) is 37.1 Å². The molecule has 7 heteroatoms. The van der Waals surface area contributed by atoms with Crippen LogP contribution in [0.1, 0.15) is 28.8 Å². The number of H-pyrrole nitrogens is 1. The number of hydrogen-bond acceptors (Lipinski definition) is 4. The summed E-state index contributed by atoms with van der Waals surface area (Å²) in [6.07, 6.45) is 2.19. The molecule has 3 aromatic rings. The molecule has 1 atom stereocenters. The Morgan fingerprint density at radius 2 is 2.11 bits per heavy atom. The highest BCUT2D eigenvalue weighted by Gasteiger charge is 2.23. The van der Waals surface area contributed by atoms with Crippen LogP contribution in [0.5, 0.6) is 0 Å². The van der Waals surface area contributed by atoms with E-state index in [1.165, 1.54) is 11.6 Å². The third kappa shape index (κ3) is 3.56. The van der Waals surface area contributed by atoms with Gasteiger partial charge in [0, 0.05) is 23.2 Å². The van der Waals surface area contributed by atoms with Crippen molar-refractivity contribution < 1.29 is 9.90 Å². The number of amides is 1. The summed E-state index contributed by atoms with van der Waals surface area (Å²) in [5.41, 5.74) is 9.06. The van der Waals surface area contributed by atoms with E-state index in [1.807, 2.05) is 12.1 Å². The molecule has 0 spiro atoms. The Kier molecular flexibility index (Phi) is 4.86. The van der Waals surface area contributed by atoms with Crippen LogP contribution in [0.3, 0.4) is 0 Å². The number of aliphatic hydroxyl groups is 1. The number of rotatable bonds is 5. The quantitative estimate of drug-likeness (QED) is 0.630. The first kappa shape index (κ1) is 18.0. The van der Waals surface area contributed by atoms with Gasteiger partial charge in [0.05, 0.1) is 17.7 Å². The topological polar surface area (TPSA) is 95.2 Å². The number of nitrogens with zero attached hydrogens (tertiary/aromatic N) is 2. The van der Waals surface area contributed by atoms with Crippen molar-refractivity contribution in [1.29, 1.82) is 0 Å². The number of fused-ring (bicyclic) bond motifs is 1. The standard InChI is InChI=1S/C20H21ClN4O2/c21-14-8-16(19(22)27)18-17(9-14)23-20(24-18)13-5-3-12(4-6-13)10-25-7-1-2-15(25)11-26/h3-6,8-9,15,26H,1-2,7,10-11H2,(H2,22,27)(H,23,24).